The maximum Gasteiger partial charge on any atom is 0.104 e. The molecule has 0 nitrogen and oxygen atoms in total. The molecule has 0 aliphatic carbocycles. The first-order valence-electron chi connectivity index (χ1n) is 6.93. The fourth-order valence-corrected chi connectivity index (χ4v) is 3.82. The van der Waals surface area contributed by atoms with Crippen molar-refractivity contribution in [2.24, 2.45) is 0 Å². The van der Waals surface area contributed by atoms with Crippen LogP contribution in [0, 0.1) is 0 Å². The van der Waals surface area contributed by atoms with Gasteiger partial charge in [0.1, 0.15) is 3.53 Å². The molecule has 2 rings (SSSR count). The second kappa shape index (κ2) is 8.99. The number of rotatable bonds is 6. The van der Waals surface area contributed by atoms with Gasteiger partial charge in [-0.05, 0) is 22.3 Å². The fourth-order valence-electron chi connectivity index (χ4n) is 1.83. The molecule has 0 aliphatic heterocycles. The molecule has 22 heavy (non-hydrogen) atoms. The lowest BCUT2D eigenvalue weighted by Crippen LogP contribution is -1.88. The molecule has 112 valence electrons. The Bertz CT molecular complexity index is 582. The van der Waals surface area contributed by atoms with E-state index in [0.29, 0.717) is 0 Å². The lowest BCUT2D eigenvalue weighted by Gasteiger charge is -2.05. The molecular formula is C19H18S3. The maximum absolute atomic E-state index is 5.44. The molecule has 3 heteroatoms. The molecule has 0 aliphatic rings. The number of thiocarbonyl (C=S) groups is 1. The van der Waals surface area contributed by atoms with Gasteiger partial charge in [0.2, 0.25) is 0 Å². The van der Waals surface area contributed by atoms with Crippen molar-refractivity contribution in [3.8, 4) is 0 Å². The molecule has 0 aromatic heterocycles. The minimum Gasteiger partial charge on any atom is -0.103 e. The number of hydrogen-bond donors (Lipinski definition) is 0. The lowest BCUT2D eigenvalue weighted by molar-refractivity contribution is 1.41. The highest BCUT2D eigenvalue weighted by molar-refractivity contribution is 8.46. The second-order valence-corrected chi connectivity index (χ2v) is 7.87. The standard InChI is InChI=1S/C19H18S3/c1-3-15-5-9-17(10-6-15)13-21-19(20)22-14-18-11-7-16(4-2)8-12-18/h3-12H,1-2,13-14H2. The van der Waals surface area contributed by atoms with Crippen molar-refractivity contribution in [2.45, 2.75) is 11.5 Å². The number of hydrogen-bond acceptors (Lipinski definition) is 3. The molecule has 0 fully saturated rings. The van der Waals surface area contributed by atoms with E-state index in [2.05, 4.69) is 61.7 Å². The number of thioether (sulfide) groups is 2. The normalized spacial score (nSPS) is 10.2. The first kappa shape index (κ1) is 17.1. The molecule has 0 N–H and O–H groups in total. The molecule has 0 heterocycles. The van der Waals surface area contributed by atoms with E-state index in [0.717, 1.165) is 26.2 Å². The SMILES string of the molecule is C=Cc1ccc(CSC(=S)SCc2ccc(C=C)cc2)cc1. The summed E-state index contributed by atoms with van der Waals surface area (Å²) in [5.74, 6) is 1.83. The predicted octanol–water partition coefficient (Wildman–Crippen LogP) is 6.42. The van der Waals surface area contributed by atoms with Gasteiger partial charge in [0.25, 0.3) is 0 Å². The largest absolute Gasteiger partial charge is 0.104 e. The summed E-state index contributed by atoms with van der Waals surface area (Å²) in [6.45, 7) is 7.53. The number of benzene rings is 2. The van der Waals surface area contributed by atoms with Crippen molar-refractivity contribution in [3.63, 3.8) is 0 Å². The fraction of sp³-hybridized carbons (Fsp3) is 0.105. The zero-order valence-electron chi connectivity index (χ0n) is 12.3. The molecule has 0 amide bonds. The van der Waals surface area contributed by atoms with Crippen LogP contribution < -0.4 is 0 Å². The van der Waals surface area contributed by atoms with E-state index in [-0.39, 0.29) is 0 Å². The molecule has 0 bridgehead atoms. The smallest absolute Gasteiger partial charge is 0.103 e. The third-order valence-electron chi connectivity index (χ3n) is 3.14. The summed E-state index contributed by atoms with van der Waals surface area (Å²) < 4.78 is 0.987. The Morgan fingerprint density at radius 2 is 1.14 bits per heavy atom. The van der Waals surface area contributed by atoms with E-state index < -0.39 is 0 Å². The summed E-state index contributed by atoms with van der Waals surface area (Å²) in [5.41, 5.74) is 4.87. The van der Waals surface area contributed by atoms with Crippen LogP contribution in [0.4, 0.5) is 0 Å². The van der Waals surface area contributed by atoms with Gasteiger partial charge >= 0.3 is 0 Å². The van der Waals surface area contributed by atoms with Crippen LogP contribution in [0.3, 0.4) is 0 Å². The van der Waals surface area contributed by atoms with Crippen molar-refractivity contribution in [1.82, 2.24) is 0 Å². The second-order valence-electron chi connectivity index (χ2n) is 4.72. The van der Waals surface area contributed by atoms with Gasteiger partial charge < -0.3 is 0 Å². The molecule has 0 saturated carbocycles. The van der Waals surface area contributed by atoms with E-state index >= 15 is 0 Å². The van der Waals surface area contributed by atoms with E-state index in [1.807, 2.05) is 12.2 Å². The van der Waals surface area contributed by atoms with Gasteiger partial charge in [0, 0.05) is 11.5 Å². The van der Waals surface area contributed by atoms with Crippen molar-refractivity contribution in [1.29, 1.82) is 0 Å². The van der Waals surface area contributed by atoms with Gasteiger partial charge in [-0.15, -0.1) is 23.5 Å². The average Bonchev–Trinajstić information content (AvgIpc) is 2.59. The van der Waals surface area contributed by atoms with Gasteiger partial charge in [0.15, 0.2) is 0 Å². The average molecular weight is 343 g/mol. The molecule has 0 unspecified atom stereocenters. The topological polar surface area (TPSA) is 0 Å². The summed E-state index contributed by atoms with van der Waals surface area (Å²) in [6, 6.07) is 16.9. The van der Waals surface area contributed by atoms with Gasteiger partial charge in [0.05, 0.1) is 0 Å². The van der Waals surface area contributed by atoms with Crippen LogP contribution in [-0.2, 0) is 11.5 Å². The van der Waals surface area contributed by atoms with Gasteiger partial charge in [-0.25, -0.2) is 0 Å². The molecule has 2 aromatic carbocycles. The van der Waals surface area contributed by atoms with Crippen LogP contribution in [0.25, 0.3) is 12.2 Å². The summed E-state index contributed by atoms with van der Waals surface area (Å²) in [4.78, 5) is 0. The van der Waals surface area contributed by atoms with Crippen molar-refractivity contribution >= 4 is 51.4 Å². The maximum atomic E-state index is 5.44. The van der Waals surface area contributed by atoms with Crippen LogP contribution in [0.1, 0.15) is 22.3 Å². The molecule has 0 radical (unpaired) electrons. The highest BCUT2D eigenvalue weighted by atomic mass is 32.2. The summed E-state index contributed by atoms with van der Waals surface area (Å²) >= 11 is 8.89. The Kier molecular flexibility index (Phi) is 6.97. The quantitative estimate of drug-likeness (QED) is 0.556. The minimum atomic E-state index is 0.915. The van der Waals surface area contributed by atoms with Crippen LogP contribution in [-0.4, -0.2) is 3.53 Å². The highest BCUT2D eigenvalue weighted by Crippen LogP contribution is 2.25. The summed E-state index contributed by atoms with van der Waals surface area (Å²) in [6.07, 6.45) is 3.71. The molecule has 0 atom stereocenters. The first-order chi connectivity index (χ1) is 10.7. The minimum absolute atomic E-state index is 0.915. The van der Waals surface area contributed by atoms with Gasteiger partial charge in [-0.2, -0.15) is 0 Å². The zero-order chi connectivity index (χ0) is 15.8. The summed E-state index contributed by atoms with van der Waals surface area (Å²) in [5, 5.41) is 0. The Labute approximate surface area is 146 Å². The Morgan fingerprint density at radius 1 is 0.773 bits per heavy atom. The van der Waals surface area contributed by atoms with Crippen LogP contribution in [0.2, 0.25) is 0 Å². The Morgan fingerprint density at radius 3 is 1.45 bits per heavy atom. The van der Waals surface area contributed by atoms with Gasteiger partial charge in [-0.3, -0.25) is 0 Å². The highest BCUT2D eigenvalue weighted by Gasteiger charge is 2.02. The lowest BCUT2D eigenvalue weighted by atomic mass is 10.1. The van der Waals surface area contributed by atoms with Crippen LogP contribution in [0.15, 0.2) is 61.7 Å². The molecule has 2 aromatic rings. The zero-order valence-corrected chi connectivity index (χ0v) is 14.8. The van der Waals surface area contributed by atoms with Crippen molar-refractivity contribution < 1.29 is 0 Å². The Hall–Kier alpha value is -1.29. The van der Waals surface area contributed by atoms with Gasteiger partial charge in [-0.1, -0.05) is 86.1 Å². The monoisotopic (exact) mass is 342 g/mol. The Balaban J connectivity index is 1.77. The third-order valence-corrected chi connectivity index (χ3v) is 5.99. The van der Waals surface area contributed by atoms with E-state index in [1.165, 1.54) is 11.1 Å². The first-order valence-corrected chi connectivity index (χ1v) is 9.31. The van der Waals surface area contributed by atoms with Crippen LogP contribution in [0.5, 0.6) is 0 Å². The van der Waals surface area contributed by atoms with E-state index in [1.54, 1.807) is 23.5 Å². The molecule has 0 spiro atoms. The van der Waals surface area contributed by atoms with E-state index in [4.69, 9.17) is 12.2 Å². The molecule has 0 saturated heterocycles. The molecular weight excluding hydrogens is 324 g/mol. The predicted molar refractivity (Wildman–Crippen MR) is 108 cm³/mol. The third kappa shape index (κ3) is 5.48. The summed E-state index contributed by atoms with van der Waals surface area (Å²) in [7, 11) is 0. The van der Waals surface area contributed by atoms with E-state index in [9.17, 15) is 0 Å². The van der Waals surface area contributed by atoms with Crippen LogP contribution >= 0.6 is 35.7 Å². The van der Waals surface area contributed by atoms with Crippen molar-refractivity contribution in [2.75, 3.05) is 0 Å². The van der Waals surface area contributed by atoms with Crippen molar-refractivity contribution in [3.05, 3.63) is 83.9 Å².